The van der Waals surface area contributed by atoms with E-state index in [1.165, 1.54) is 9.87 Å². The summed E-state index contributed by atoms with van der Waals surface area (Å²) < 4.78 is 40.7. The fraction of sp³-hybridized carbons (Fsp3) is 0.619. The topological polar surface area (TPSA) is 88.8 Å². The Morgan fingerprint density at radius 2 is 1.87 bits per heavy atom. The van der Waals surface area contributed by atoms with Gasteiger partial charge in [0.2, 0.25) is 5.89 Å². The van der Waals surface area contributed by atoms with Gasteiger partial charge in [0.05, 0.1) is 13.2 Å². The minimum atomic E-state index is -3.57. The summed E-state index contributed by atoms with van der Waals surface area (Å²) in [5, 5.41) is 4.15. The second-order valence-electron chi connectivity index (χ2n) is 8.67. The lowest BCUT2D eigenvalue weighted by molar-refractivity contribution is 0.0695. The van der Waals surface area contributed by atoms with Crippen LogP contribution >= 0.6 is 0 Å². The molecule has 0 N–H and O–H groups in total. The average molecular weight is 433 g/mol. The van der Waals surface area contributed by atoms with E-state index in [2.05, 4.69) is 22.3 Å². The standard InChI is InChI=1S/C21H28N4O4S/c26-30(27,24-11-13-28-14-12-24)25-16-21(9-10-21)15-18(25)20-22-19(23-29-20)8-4-7-17-5-2-1-3-6-17/h1-3,5-6,18H,4,7-16H2. The lowest BCUT2D eigenvalue weighted by Gasteiger charge is -2.31. The molecular formula is C21H28N4O4S. The zero-order chi connectivity index (χ0) is 20.6. The van der Waals surface area contributed by atoms with Gasteiger partial charge in [-0.3, -0.25) is 0 Å². The summed E-state index contributed by atoms with van der Waals surface area (Å²) in [6.07, 6.45) is 5.49. The number of morpholine rings is 1. The summed E-state index contributed by atoms with van der Waals surface area (Å²) in [6.45, 7) is 2.22. The molecule has 1 saturated carbocycles. The van der Waals surface area contributed by atoms with Gasteiger partial charge in [-0.25, -0.2) is 0 Å². The zero-order valence-electron chi connectivity index (χ0n) is 17.1. The van der Waals surface area contributed by atoms with Crippen LogP contribution in [0, 0.1) is 5.41 Å². The molecule has 2 aliphatic heterocycles. The number of hydrogen-bond donors (Lipinski definition) is 0. The van der Waals surface area contributed by atoms with Crippen LogP contribution in [-0.2, 0) is 27.8 Å². The first-order valence-electron chi connectivity index (χ1n) is 10.8. The first kappa shape index (κ1) is 20.1. The predicted octanol–water partition coefficient (Wildman–Crippen LogP) is 2.35. The van der Waals surface area contributed by atoms with Crippen molar-refractivity contribution >= 4 is 10.2 Å². The highest BCUT2D eigenvalue weighted by Crippen LogP contribution is 2.59. The molecule has 2 saturated heterocycles. The van der Waals surface area contributed by atoms with E-state index in [1.807, 2.05) is 18.2 Å². The molecule has 3 aliphatic rings. The van der Waals surface area contributed by atoms with Gasteiger partial charge in [-0.1, -0.05) is 35.5 Å². The SMILES string of the molecule is O=S(=O)(N1CCOCC1)N1CC2(CC2)CC1c1nc(CCCc2ccccc2)no1. The fourth-order valence-electron chi connectivity index (χ4n) is 4.53. The van der Waals surface area contributed by atoms with Gasteiger partial charge in [0.1, 0.15) is 6.04 Å². The van der Waals surface area contributed by atoms with E-state index in [0.717, 1.165) is 32.1 Å². The van der Waals surface area contributed by atoms with Crippen molar-refractivity contribution in [2.75, 3.05) is 32.8 Å². The van der Waals surface area contributed by atoms with Crippen molar-refractivity contribution in [3.05, 3.63) is 47.6 Å². The Morgan fingerprint density at radius 3 is 2.60 bits per heavy atom. The van der Waals surface area contributed by atoms with Crippen molar-refractivity contribution < 1.29 is 17.7 Å². The molecule has 1 aromatic carbocycles. The Kier molecular flexibility index (Phi) is 5.38. The van der Waals surface area contributed by atoms with Crippen LogP contribution in [0.3, 0.4) is 0 Å². The van der Waals surface area contributed by atoms with Gasteiger partial charge in [-0.15, -0.1) is 0 Å². The Balaban J connectivity index is 1.29. The Labute approximate surface area is 177 Å². The lowest BCUT2D eigenvalue weighted by Crippen LogP contribution is -2.48. The van der Waals surface area contributed by atoms with Crippen molar-refractivity contribution in [1.29, 1.82) is 0 Å². The number of rotatable bonds is 7. The van der Waals surface area contributed by atoms with Crippen LogP contribution < -0.4 is 0 Å². The van der Waals surface area contributed by atoms with E-state index in [4.69, 9.17) is 9.26 Å². The summed E-state index contributed by atoms with van der Waals surface area (Å²) in [5.74, 6) is 1.09. The molecule has 8 nitrogen and oxygen atoms in total. The van der Waals surface area contributed by atoms with Crippen LogP contribution in [-0.4, -0.2) is 60.0 Å². The monoisotopic (exact) mass is 432 g/mol. The largest absolute Gasteiger partial charge is 0.379 e. The Morgan fingerprint density at radius 1 is 1.10 bits per heavy atom. The normalized spacial score (nSPS) is 24.5. The van der Waals surface area contributed by atoms with Crippen LogP contribution in [0.1, 0.15) is 49.0 Å². The number of aromatic nitrogens is 2. The molecule has 1 aliphatic carbocycles. The second kappa shape index (κ2) is 8.03. The summed E-state index contributed by atoms with van der Waals surface area (Å²) in [6, 6.07) is 9.96. The van der Waals surface area contributed by atoms with Gasteiger partial charge in [0.15, 0.2) is 5.82 Å². The summed E-state index contributed by atoms with van der Waals surface area (Å²) in [5.41, 5.74) is 1.38. The molecule has 9 heteroatoms. The maximum atomic E-state index is 13.3. The average Bonchev–Trinajstić information content (AvgIpc) is 3.18. The van der Waals surface area contributed by atoms with Crippen molar-refractivity contribution in [3.63, 3.8) is 0 Å². The third kappa shape index (κ3) is 4.03. The molecule has 1 unspecified atom stereocenters. The maximum absolute atomic E-state index is 13.3. The van der Waals surface area contributed by atoms with Gasteiger partial charge in [0.25, 0.3) is 10.2 Å². The zero-order valence-corrected chi connectivity index (χ0v) is 17.9. The predicted molar refractivity (Wildman–Crippen MR) is 110 cm³/mol. The van der Waals surface area contributed by atoms with Gasteiger partial charge < -0.3 is 9.26 Å². The van der Waals surface area contributed by atoms with Crippen molar-refractivity contribution in [1.82, 2.24) is 18.8 Å². The molecule has 0 amide bonds. The molecule has 30 heavy (non-hydrogen) atoms. The van der Waals surface area contributed by atoms with E-state index in [9.17, 15) is 8.42 Å². The van der Waals surface area contributed by atoms with Crippen LogP contribution in [0.4, 0.5) is 0 Å². The first-order chi connectivity index (χ1) is 14.6. The molecule has 0 radical (unpaired) electrons. The molecular weight excluding hydrogens is 404 g/mol. The number of nitrogens with zero attached hydrogens (tertiary/aromatic N) is 4. The highest BCUT2D eigenvalue weighted by atomic mass is 32.2. The van der Waals surface area contributed by atoms with E-state index in [1.54, 1.807) is 4.31 Å². The van der Waals surface area contributed by atoms with Crippen molar-refractivity contribution in [2.24, 2.45) is 5.41 Å². The van der Waals surface area contributed by atoms with Gasteiger partial charge in [0, 0.05) is 26.1 Å². The number of hydrogen-bond acceptors (Lipinski definition) is 6. The Bertz CT molecular complexity index is 968. The summed E-state index contributed by atoms with van der Waals surface area (Å²) >= 11 is 0. The van der Waals surface area contributed by atoms with Crippen LogP contribution in [0.15, 0.2) is 34.9 Å². The second-order valence-corrected chi connectivity index (χ2v) is 10.6. The van der Waals surface area contributed by atoms with E-state index >= 15 is 0 Å². The molecule has 162 valence electrons. The summed E-state index contributed by atoms with van der Waals surface area (Å²) in [7, 11) is -3.57. The highest BCUT2D eigenvalue weighted by Gasteiger charge is 2.57. The maximum Gasteiger partial charge on any atom is 0.282 e. The van der Waals surface area contributed by atoms with Crippen LogP contribution in [0.25, 0.3) is 0 Å². The molecule has 3 fully saturated rings. The Hall–Kier alpha value is -1.81. The molecule has 5 rings (SSSR count). The minimum absolute atomic E-state index is 0.0893. The fourth-order valence-corrected chi connectivity index (χ4v) is 6.36. The van der Waals surface area contributed by atoms with Crippen molar-refractivity contribution in [3.8, 4) is 0 Å². The van der Waals surface area contributed by atoms with Crippen molar-refractivity contribution in [2.45, 2.75) is 44.6 Å². The molecule has 3 heterocycles. The molecule has 1 spiro atoms. The number of benzene rings is 1. The quantitative estimate of drug-likeness (QED) is 0.667. The smallest absolute Gasteiger partial charge is 0.282 e. The third-order valence-electron chi connectivity index (χ3n) is 6.49. The van der Waals surface area contributed by atoms with E-state index in [-0.39, 0.29) is 11.5 Å². The van der Waals surface area contributed by atoms with Gasteiger partial charge in [-0.2, -0.15) is 22.0 Å². The first-order valence-corrected chi connectivity index (χ1v) is 12.2. The van der Waals surface area contributed by atoms with Gasteiger partial charge in [-0.05, 0) is 43.1 Å². The highest BCUT2D eigenvalue weighted by molar-refractivity contribution is 7.86. The number of ether oxygens (including phenoxy) is 1. The third-order valence-corrected chi connectivity index (χ3v) is 8.49. The van der Waals surface area contributed by atoms with Crippen LogP contribution in [0.2, 0.25) is 0 Å². The van der Waals surface area contributed by atoms with E-state index in [0.29, 0.717) is 51.0 Å². The van der Waals surface area contributed by atoms with E-state index < -0.39 is 10.2 Å². The minimum Gasteiger partial charge on any atom is -0.379 e. The van der Waals surface area contributed by atoms with Gasteiger partial charge >= 0.3 is 0 Å². The number of aryl methyl sites for hydroxylation is 2. The lowest BCUT2D eigenvalue weighted by atomic mass is 10.0. The summed E-state index contributed by atoms with van der Waals surface area (Å²) in [4.78, 5) is 4.60. The molecule has 1 aromatic heterocycles. The van der Waals surface area contributed by atoms with Crippen LogP contribution in [0.5, 0.6) is 0 Å². The molecule has 1 atom stereocenters. The molecule has 2 aromatic rings. The molecule has 0 bridgehead atoms.